The van der Waals surface area contributed by atoms with Crippen LogP contribution in [0.15, 0.2) is 64.5 Å². The molecule has 7 heteroatoms. The number of ketones is 1. The van der Waals surface area contributed by atoms with Gasteiger partial charge in [0.15, 0.2) is 10.9 Å². The van der Waals surface area contributed by atoms with E-state index >= 15 is 0 Å². The zero-order valence-corrected chi connectivity index (χ0v) is 21.3. The van der Waals surface area contributed by atoms with E-state index in [1.807, 2.05) is 61.5 Å². The maximum Gasteiger partial charge on any atom is 0.267 e. The Bertz CT molecular complexity index is 1650. The number of H-pyrrole nitrogens is 1. The summed E-state index contributed by atoms with van der Waals surface area (Å²) in [4.78, 5) is 37.6. The van der Waals surface area contributed by atoms with E-state index in [-0.39, 0.29) is 17.1 Å². The summed E-state index contributed by atoms with van der Waals surface area (Å²) in [6, 6.07) is 17.5. The molecule has 5 nitrogen and oxygen atoms in total. The minimum atomic E-state index is -0.0357. The van der Waals surface area contributed by atoms with Crippen molar-refractivity contribution in [2.75, 3.05) is 5.75 Å². The van der Waals surface area contributed by atoms with Gasteiger partial charge in [-0.15, -0.1) is 11.3 Å². The zero-order valence-electron chi connectivity index (χ0n) is 19.6. The predicted octanol–water partition coefficient (Wildman–Crippen LogP) is 6.34. The topological polar surface area (TPSA) is 67.8 Å². The van der Waals surface area contributed by atoms with Crippen molar-refractivity contribution in [2.45, 2.75) is 38.3 Å². The molecule has 1 N–H and O–H groups in total. The molecule has 1 aliphatic rings. The number of para-hydroxylation sites is 2. The van der Waals surface area contributed by atoms with E-state index in [0.717, 1.165) is 51.8 Å². The second-order valence-electron chi connectivity index (χ2n) is 9.28. The van der Waals surface area contributed by atoms with Crippen molar-refractivity contribution >= 4 is 50.0 Å². The highest BCUT2D eigenvalue weighted by Crippen LogP contribution is 2.37. The first-order chi connectivity index (χ1) is 17.0. The van der Waals surface area contributed by atoms with Gasteiger partial charge >= 0.3 is 0 Å². The molecule has 1 atom stereocenters. The van der Waals surface area contributed by atoms with E-state index in [2.05, 4.69) is 11.9 Å². The number of carbonyl (C=O) groups is 1. The Morgan fingerprint density at radius 1 is 1.17 bits per heavy atom. The highest BCUT2D eigenvalue weighted by Gasteiger charge is 2.26. The fourth-order valence-corrected chi connectivity index (χ4v) is 7.42. The highest BCUT2D eigenvalue weighted by molar-refractivity contribution is 7.99. The average molecular weight is 500 g/mol. The fraction of sp³-hybridized carbons (Fsp3) is 0.250. The number of hydrogen-bond acceptors (Lipinski definition) is 5. The number of benzene rings is 2. The standard InChI is InChI=1S/C28H25N3O2S2/c1-16-12-13-20-23(14-16)35-26-25(20)27(33)31(18-8-4-3-5-9-18)28(30-26)34-15-22(32)24-17(2)29-21-11-7-6-10-19(21)24/h3-11,16,29H,12-15H2,1-2H3. The number of fused-ring (bicyclic) bond motifs is 4. The van der Waals surface area contributed by atoms with Crippen LogP contribution >= 0.6 is 23.1 Å². The lowest BCUT2D eigenvalue weighted by Gasteiger charge is -2.17. The second kappa shape index (κ2) is 8.81. The first kappa shape index (κ1) is 22.3. The predicted molar refractivity (Wildman–Crippen MR) is 144 cm³/mol. The molecule has 0 radical (unpaired) electrons. The van der Waals surface area contributed by atoms with Gasteiger partial charge in [0.1, 0.15) is 4.83 Å². The quantitative estimate of drug-likeness (QED) is 0.174. The van der Waals surface area contributed by atoms with Crippen LogP contribution in [0.5, 0.6) is 0 Å². The Morgan fingerprint density at radius 3 is 2.77 bits per heavy atom. The summed E-state index contributed by atoms with van der Waals surface area (Å²) < 4.78 is 1.69. The van der Waals surface area contributed by atoms with Crippen molar-refractivity contribution in [1.29, 1.82) is 0 Å². The molecule has 0 amide bonds. The van der Waals surface area contributed by atoms with Gasteiger partial charge in [-0.2, -0.15) is 0 Å². The molecule has 1 unspecified atom stereocenters. The molecule has 0 bridgehead atoms. The third kappa shape index (κ3) is 3.83. The van der Waals surface area contributed by atoms with Gasteiger partial charge in [0.05, 0.1) is 16.8 Å². The number of hydrogen-bond donors (Lipinski definition) is 1. The minimum Gasteiger partial charge on any atom is -0.358 e. The number of thioether (sulfide) groups is 1. The first-order valence-corrected chi connectivity index (χ1v) is 13.7. The molecule has 176 valence electrons. The number of nitrogens with one attached hydrogen (secondary N) is 1. The Hall–Kier alpha value is -3.16. The van der Waals surface area contributed by atoms with E-state index in [1.165, 1.54) is 22.2 Å². The number of Topliss-reactive ketones (excluding diaryl/α,β-unsaturated/α-hetero) is 1. The largest absolute Gasteiger partial charge is 0.358 e. The van der Waals surface area contributed by atoms with Crippen molar-refractivity contribution in [3.05, 3.63) is 86.6 Å². The lowest BCUT2D eigenvalue weighted by Crippen LogP contribution is -2.23. The van der Waals surface area contributed by atoms with Crippen LogP contribution in [-0.2, 0) is 12.8 Å². The number of carbonyl (C=O) groups excluding carboxylic acids is 1. The molecule has 6 rings (SSSR count). The van der Waals surface area contributed by atoms with Crippen LogP contribution < -0.4 is 5.56 Å². The van der Waals surface area contributed by atoms with Gasteiger partial charge < -0.3 is 4.98 Å². The van der Waals surface area contributed by atoms with Gasteiger partial charge in [-0.1, -0.05) is 55.1 Å². The van der Waals surface area contributed by atoms with Crippen molar-refractivity contribution in [1.82, 2.24) is 14.5 Å². The molecular weight excluding hydrogens is 474 g/mol. The van der Waals surface area contributed by atoms with Crippen molar-refractivity contribution in [3.8, 4) is 5.69 Å². The van der Waals surface area contributed by atoms with Crippen molar-refractivity contribution in [2.24, 2.45) is 5.92 Å². The van der Waals surface area contributed by atoms with Gasteiger partial charge in [-0.3, -0.25) is 14.2 Å². The molecule has 3 heterocycles. The summed E-state index contributed by atoms with van der Waals surface area (Å²) in [5, 5.41) is 2.25. The van der Waals surface area contributed by atoms with Crippen LogP contribution in [0.4, 0.5) is 0 Å². The van der Waals surface area contributed by atoms with Gasteiger partial charge in [0, 0.05) is 27.0 Å². The van der Waals surface area contributed by atoms with Crippen LogP contribution in [0.1, 0.15) is 39.8 Å². The highest BCUT2D eigenvalue weighted by atomic mass is 32.2. The Balaban J connectivity index is 1.44. The van der Waals surface area contributed by atoms with E-state index in [0.29, 0.717) is 16.6 Å². The molecule has 35 heavy (non-hydrogen) atoms. The lowest BCUT2D eigenvalue weighted by atomic mass is 9.89. The fourth-order valence-electron chi connectivity index (χ4n) is 5.11. The van der Waals surface area contributed by atoms with Crippen LogP contribution in [0.3, 0.4) is 0 Å². The summed E-state index contributed by atoms with van der Waals surface area (Å²) in [6.45, 7) is 4.20. The molecule has 0 saturated carbocycles. The molecular formula is C28H25N3O2S2. The van der Waals surface area contributed by atoms with Crippen molar-refractivity contribution < 1.29 is 4.79 Å². The SMILES string of the molecule is Cc1[nH]c2ccccc2c1C(=O)CSc1nc2sc3c(c2c(=O)n1-c1ccccc1)CCC(C)C3. The summed E-state index contributed by atoms with van der Waals surface area (Å²) >= 11 is 2.98. The summed E-state index contributed by atoms with van der Waals surface area (Å²) in [5.41, 5.74) is 4.44. The third-order valence-electron chi connectivity index (χ3n) is 6.82. The molecule has 3 aromatic heterocycles. The van der Waals surface area contributed by atoms with Gasteiger partial charge in [-0.05, 0) is 55.9 Å². The number of aryl methyl sites for hydroxylation is 2. The summed E-state index contributed by atoms with van der Waals surface area (Å²) in [6.07, 6.45) is 3.02. The van der Waals surface area contributed by atoms with E-state index in [9.17, 15) is 9.59 Å². The third-order valence-corrected chi connectivity index (χ3v) is 8.90. The molecule has 0 spiro atoms. The molecule has 0 aliphatic heterocycles. The Morgan fingerprint density at radius 2 is 1.94 bits per heavy atom. The molecule has 2 aromatic carbocycles. The Labute approximate surface area is 211 Å². The van der Waals surface area contributed by atoms with Crippen LogP contribution in [0, 0.1) is 12.8 Å². The smallest absolute Gasteiger partial charge is 0.267 e. The number of thiophene rings is 1. The maximum absolute atomic E-state index is 13.9. The minimum absolute atomic E-state index is 0.0261. The summed E-state index contributed by atoms with van der Waals surface area (Å²) in [7, 11) is 0. The average Bonchev–Trinajstić information content (AvgIpc) is 3.39. The van der Waals surface area contributed by atoms with Crippen LogP contribution in [0.2, 0.25) is 0 Å². The van der Waals surface area contributed by atoms with Gasteiger partial charge in [0.2, 0.25) is 0 Å². The summed E-state index contributed by atoms with van der Waals surface area (Å²) in [5.74, 6) is 0.853. The molecule has 1 aliphatic carbocycles. The monoisotopic (exact) mass is 499 g/mol. The normalized spacial score (nSPS) is 15.5. The first-order valence-electron chi connectivity index (χ1n) is 11.9. The van der Waals surface area contributed by atoms with Crippen LogP contribution in [-0.4, -0.2) is 26.1 Å². The lowest BCUT2D eigenvalue weighted by molar-refractivity contribution is 0.102. The van der Waals surface area contributed by atoms with Crippen LogP contribution in [0.25, 0.3) is 26.8 Å². The molecule has 5 aromatic rings. The molecule has 0 fully saturated rings. The number of rotatable bonds is 5. The van der Waals surface area contributed by atoms with Crippen molar-refractivity contribution in [3.63, 3.8) is 0 Å². The van der Waals surface area contributed by atoms with E-state index in [1.54, 1.807) is 15.9 Å². The van der Waals surface area contributed by atoms with E-state index in [4.69, 9.17) is 4.98 Å². The number of nitrogens with zero attached hydrogens (tertiary/aromatic N) is 2. The van der Waals surface area contributed by atoms with Gasteiger partial charge in [-0.25, -0.2) is 4.98 Å². The second-order valence-corrected chi connectivity index (χ2v) is 11.3. The maximum atomic E-state index is 13.9. The Kier molecular flexibility index (Phi) is 5.61. The van der Waals surface area contributed by atoms with Gasteiger partial charge in [0.25, 0.3) is 5.56 Å². The number of aromatic amines is 1. The number of aromatic nitrogens is 3. The molecule has 0 saturated heterocycles. The van der Waals surface area contributed by atoms with E-state index < -0.39 is 0 Å². The zero-order chi connectivity index (χ0) is 24.1.